The van der Waals surface area contributed by atoms with Gasteiger partial charge in [-0.3, -0.25) is 4.79 Å². The lowest BCUT2D eigenvalue weighted by atomic mass is 10.2. The fourth-order valence-electron chi connectivity index (χ4n) is 1.94. The van der Waals surface area contributed by atoms with E-state index < -0.39 is 0 Å². The largest absolute Gasteiger partial charge is 0.353 e. The molecule has 0 bridgehead atoms. The minimum absolute atomic E-state index is 0.0473. The van der Waals surface area contributed by atoms with Crippen molar-refractivity contribution in [2.24, 2.45) is 0 Å². The molecule has 0 saturated carbocycles. The molecule has 4 nitrogen and oxygen atoms in total. The SMILES string of the molecule is CCC(CC)NC(=O)CSc1nn(-c2ccccc2)c(=S)s1. The number of carbonyl (C=O) groups is 1. The van der Waals surface area contributed by atoms with E-state index in [4.69, 9.17) is 12.2 Å². The van der Waals surface area contributed by atoms with Gasteiger partial charge in [0.2, 0.25) is 5.91 Å². The summed E-state index contributed by atoms with van der Waals surface area (Å²) in [5, 5.41) is 7.51. The molecule has 0 saturated heterocycles. The highest BCUT2D eigenvalue weighted by Gasteiger charge is 2.11. The monoisotopic (exact) mass is 353 g/mol. The van der Waals surface area contributed by atoms with Gasteiger partial charge in [-0.1, -0.05) is 55.1 Å². The molecule has 0 unspecified atom stereocenters. The Morgan fingerprint density at radius 1 is 1.36 bits per heavy atom. The molecule has 1 aromatic heterocycles. The van der Waals surface area contributed by atoms with Crippen molar-refractivity contribution >= 4 is 41.2 Å². The maximum Gasteiger partial charge on any atom is 0.230 e. The molecule has 0 aliphatic heterocycles. The van der Waals surface area contributed by atoms with Crippen LogP contribution in [0, 0.1) is 3.95 Å². The molecule has 1 N–H and O–H groups in total. The first-order valence-electron chi connectivity index (χ1n) is 7.21. The minimum Gasteiger partial charge on any atom is -0.353 e. The Bertz CT molecular complexity index is 662. The van der Waals surface area contributed by atoms with Crippen molar-refractivity contribution in [3.8, 4) is 5.69 Å². The summed E-state index contributed by atoms with van der Waals surface area (Å²) in [6.07, 6.45) is 1.91. The zero-order chi connectivity index (χ0) is 15.9. The van der Waals surface area contributed by atoms with E-state index in [0.717, 1.165) is 22.9 Å². The summed E-state index contributed by atoms with van der Waals surface area (Å²) in [6.45, 7) is 4.16. The van der Waals surface area contributed by atoms with E-state index in [0.29, 0.717) is 9.71 Å². The summed E-state index contributed by atoms with van der Waals surface area (Å²) in [4.78, 5) is 11.9. The molecule has 0 fully saturated rings. The smallest absolute Gasteiger partial charge is 0.230 e. The molecule has 0 radical (unpaired) electrons. The first kappa shape index (κ1) is 17.2. The number of hydrogen-bond donors (Lipinski definition) is 1. The van der Waals surface area contributed by atoms with Crippen LogP contribution in [0.3, 0.4) is 0 Å². The first-order chi connectivity index (χ1) is 10.6. The lowest BCUT2D eigenvalue weighted by Gasteiger charge is -2.13. The van der Waals surface area contributed by atoms with Crippen LogP contribution in [0.15, 0.2) is 34.7 Å². The third-order valence-electron chi connectivity index (χ3n) is 3.21. The van der Waals surface area contributed by atoms with E-state index >= 15 is 0 Å². The van der Waals surface area contributed by atoms with Crippen LogP contribution in [0.1, 0.15) is 26.7 Å². The van der Waals surface area contributed by atoms with Crippen molar-refractivity contribution in [1.29, 1.82) is 0 Å². The molecule has 0 aliphatic carbocycles. The molecule has 1 aromatic carbocycles. The maximum absolute atomic E-state index is 11.9. The highest BCUT2D eigenvalue weighted by molar-refractivity contribution is 8.01. The Morgan fingerprint density at radius 3 is 2.68 bits per heavy atom. The molecule has 1 heterocycles. The van der Waals surface area contributed by atoms with Crippen LogP contribution in [0.25, 0.3) is 5.69 Å². The van der Waals surface area contributed by atoms with Crippen LogP contribution in [-0.2, 0) is 4.79 Å². The van der Waals surface area contributed by atoms with Crippen molar-refractivity contribution < 1.29 is 4.79 Å². The average Bonchev–Trinajstić information content (AvgIpc) is 2.92. The van der Waals surface area contributed by atoms with Gasteiger partial charge < -0.3 is 5.32 Å². The van der Waals surface area contributed by atoms with Crippen LogP contribution < -0.4 is 5.32 Å². The number of nitrogens with zero attached hydrogens (tertiary/aromatic N) is 2. The van der Waals surface area contributed by atoms with Crippen molar-refractivity contribution in [3.05, 3.63) is 34.3 Å². The van der Waals surface area contributed by atoms with Crippen LogP contribution >= 0.6 is 35.3 Å². The number of hydrogen-bond acceptors (Lipinski definition) is 5. The molecule has 1 amide bonds. The van der Waals surface area contributed by atoms with E-state index in [1.54, 1.807) is 4.68 Å². The topological polar surface area (TPSA) is 46.9 Å². The Kier molecular flexibility index (Phi) is 6.60. The number of para-hydroxylation sites is 1. The molecule has 118 valence electrons. The normalized spacial score (nSPS) is 10.9. The first-order valence-corrected chi connectivity index (χ1v) is 9.42. The lowest BCUT2D eigenvalue weighted by molar-refractivity contribution is -0.119. The molecule has 0 atom stereocenters. The molecular weight excluding hydrogens is 334 g/mol. The lowest BCUT2D eigenvalue weighted by Crippen LogP contribution is -2.34. The van der Waals surface area contributed by atoms with Gasteiger partial charge >= 0.3 is 0 Å². The molecule has 2 aromatic rings. The van der Waals surface area contributed by atoms with Crippen LogP contribution in [0.4, 0.5) is 0 Å². The number of aromatic nitrogens is 2. The van der Waals surface area contributed by atoms with Crippen molar-refractivity contribution in [2.75, 3.05) is 5.75 Å². The third kappa shape index (κ3) is 4.66. The standard InChI is InChI=1S/C15H19N3OS3/c1-3-11(4-2)16-13(19)10-21-14-17-18(15(20)22-14)12-8-6-5-7-9-12/h5-9,11H,3-4,10H2,1-2H3,(H,16,19). The third-order valence-corrected chi connectivity index (χ3v) is 5.57. The van der Waals surface area contributed by atoms with Gasteiger partial charge in [-0.15, -0.1) is 5.10 Å². The fourth-order valence-corrected chi connectivity index (χ4v) is 4.11. The summed E-state index contributed by atoms with van der Waals surface area (Å²) in [5.74, 6) is 0.416. The van der Waals surface area contributed by atoms with E-state index in [1.165, 1.54) is 23.1 Å². The maximum atomic E-state index is 11.9. The summed E-state index contributed by atoms with van der Waals surface area (Å²) in [7, 11) is 0. The van der Waals surface area contributed by atoms with Crippen molar-refractivity contribution in [3.63, 3.8) is 0 Å². The van der Waals surface area contributed by atoms with Gasteiger partial charge in [-0.05, 0) is 37.2 Å². The van der Waals surface area contributed by atoms with Gasteiger partial charge in [0.05, 0.1) is 11.4 Å². The van der Waals surface area contributed by atoms with Gasteiger partial charge in [0, 0.05) is 6.04 Å². The summed E-state index contributed by atoms with van der Waals surface area (Å²) in [5.41, 5.74) is 0.942. The van der Waals surface area contributed by atoms with Gasteiger partial charge in [-0.25, -0.2) is 4.68 Å². The predicted octanol–water partition coefficient (Wildman–Crippen LogP) is 4.06. The molecule has 2 rings (SSSR count). The molecule has 0 spiro atoms. The van der Waals surface area contributed by atoms with Gasteiger partial charge in [0.25, 0.3) is 0 Å². The van der Waals surface area contributed by atoms with Crippen LogP contribution in [0.2, 0.25) is 0 Å². The number of carbonyl (C=O) groups excluding carboxylic acids is 1. The molecular formula is C15H19N3OS3. The van der Waals surface area contributed by atoms with E-state index in [1.807, 2.05) is 30.3 Å². The van der Waals surface area contributed by atoms with E-state index in [2.05, 4.69) is 24.3 Å². The number of thioether (sulfide) groups is 1. The van der Waals surface area contributed by atoms with Crippen LogP contribution in [-0.4, -0.2) is 27.5 Å². The fraction of sp³-hybridized carbons (Fsp3) is 0.400. The number of amides is 1. The number of benzene rings is 1. The Hall–Kier alpha value is -1.18. The summed E-state index contributed by atoms with van der Waals surface area (Å²) >= 11 is 8.21. The Morgan fingerprint density at radius 2 is 2.05 bits per heavy atom. The van der Waals surface area contributed by atoms with E-state index in [9.17, 15) is 4.79 Å². The zero-order valence-electron chi connectivity index (χ0n) is 12.6. The van der Waals surface area contributed by atoms with Crippen molar-refractivity contribution in [2.45, 2.75) is 37.1 Å². The van der Waals surface area contributed by atoms with Gasteiger partial charge in [0.15, 0.2) is 8.29 Å². The Labute approximate surface area is 143 Å². The summed E-state index contributed by atoms with van der Waals surface area (Å²) < 4.78 is 3.24. The Balaban J connectivity index is 1.98. The van der Waals surface area contributed by atoms with Gasteiger partial charge in [0.1, 0.15) is 0 Å². The predicted molar refractivity (Wildman–Crippen MR) is 95.5 cm³/mol. The van der Waals surface area contributed by atoms with Gasteiger partial charge in [-0.2, -0.15) is 0 Å². The summed E-state index contributed by atoms with van der Waals surface area (Å²) in [6, 6.07) is 10.0. The molecule has 0 aliphatic rings. The van der Waals surface area contributed by atoms with Crippen LogP contribution in [0.5, 0.6) is 0 Å². The number of nitrogens with one attached hydrogen (secondary N) is 1. The second-order valence-corrected chi connectivity index (χ2v) is 7.60. The number of rotatable bonds is 7. The second kappa shape index (κ2) is 8.45. The highest BCUT2D eigenvalue weighted by atomic mass is 32.2. The van der Waals surface area contributed by atoms with E-state index in [-0.39, 0.29) is 11.9 Å². The van der Waals surface area contributed by atoms with Crippen molar-refractivity contribution in [1.82, 2.24) is 15.1 Å². The average molecular weight is 354 g/mol. The highest BCUT2D eigenvalue weighted by Crippen LogP contribution is 2.23. The minimum atomic E-state index is 0.0473. The zero-order valence-corrected chi connectivity index (χ0v) is 15.1. The molecule has 7 heteroatoms. The quantitative estimate of drug-likeness (QED) is 0.602. The second-order valence-electron chi connectivity index (χ2n) is 4.75. The molecule has 22 heavy (non-hydrogen) atoms.